The summed E-state index contributed by atoms with van der Waals surface area (Å²) in [5.74, 6) is -9.36. The average Bonchev–Trinajstić information content (AvgIpc) is 3.72. The van der Waals surface area contributed by atoms with Crippen molar-refractivity contribution in [1.82, 2.24) is 36.8 Å². The molecule has 0 saturated carbocycles. The molecule has 7 atom stereocenters. The van der Waals surface area contributed by atoms with Gasteiger partial charge in [0.2, 0.25) is 47.3 Å². The van der Waals surface area contributed by atoms with E-state index in [4.69, 9.17) is 11.5 Å². The third kappa shape index (κ3) is 18.7. The van der Waals surface area contributed by atoms with Crippen LogP contribution in [0.1, 0.15) is 98.5 Å². The van der Waals surface area contributed by atoms with Crippen molar-refractivity contribution < 1.29 is 58.2 Å². The largest absolute Gasteiger partial charge is 0.481 e. The van der Waals surface area contributed by atoms with Crippen LogP contribution in [0.15, 0.2) is 30.3 Å². The van der Waals surface area contributed by atoms with Crippen molar-refractivity contribution in [2.24, 2.45) is 29.2 Å². The van der Waals surface area contributed by atoms with Gasteiger partial charge in [-0.25, -0.2) is 4.79 Å². The van der Waals surface area contributed by atoms with E-state index in [0.717, 1.165) is 4.90 Å². The van der Waals surface area contributed by atoms with Crippen LogP contribution in [-0.2, 0) is 54.4 Å². The van der Waals surface area contributed by atoms with Crippen LogP contribution >= 0.6 is 0 Å². The molecule has 7 unspecified atom stereocenters. The second-order valence-corrected chi connectivity index (χ2v) is 17.3. The van der Waals surface area contributed by atoms with Gasteiger partial charge in [0.05, 0.1) is 12.6 Å². The normalized spacial score (nSPS) is 16.4. The van der Waals surface area contributed by atoms with E-state index in [1.807, 2.05) is 13.8 Å². The summed E-state index contributed by atoms with van der Waals surface area (Å²) in [7, 11) is 0. The van der Waals surface area contributed by atoms with E-state index >= 15 is 0 Å². The van der Waals surface area contributed by atoms with Crippen LogP contribution in [0.25, 0.3) is 0 Å². The summed E-state index contributed by atoms with van der Waals surface area (Å²) in [4.78, 5) is 131. The summed E-state index contributed by atoms with van der Waals surface area (Å²) in [6, 6.07) is -0.147. The molecule has 0 radical (unpaired) electrons. The molecule has 0 aliphatic carbocycles. The van der Waals surface area contributed by atoms with Crippen LogP contribution < -0.4 is 43.4 Å². The van der Waals surface area contributed by atoms with Gasteiger partial charge in [-0.05, 0) is 61.8 Å². The first kappa shape index (κ1) is 54.0. The Hall–Kier alpha value is -6.12. The average molecular weight is 902 g/mol. The summed E-state index contributed by atoms with van der Waals surface area (Å²) in [5.41, 5.74) is 12.0. The molecule has 21 heteroatoms. The first-order valence-electron chi connectivity index (χ1n) is 21.6. The van der Waals surface area contributed by atoms with Crippen LogP contribution in [0, 0.1) is 17.8 Å². The maximum Gasteiger partial charge on any atom is 0.326 e. The number of amides is 8. The van der Waals surface area contributed by atoms with Crippen LogP contribution in [0.2, 0.25) is 0 Å². The summed E-state index contributed by atoms with van der Waals surface area (Å²) in [6.45, 7) is 10.2. The molecule has 21 nitrogen and oxygen atoms in total. The minimum atomic E-state index is -1.42. The first-order valence-corrected chi connectivity index (χ1v) is 21.6. The molecule has 1 aromatic rings. The number of nitrogens with zero attached hydrogens (tertiary/aromatic N) is 1. The standard InChI is InChI=1S/C43H67N9O12/c1-23(2)19-27(44)37(57)47-29(15-17-35(55)56)39(59)51-36(25(5)6)42(62)50-30(20-24(3)4)40(60)49-31(21-26-11-8-7-9-12-26)41(61)48-28(14-16-33(45)53)38(58)46-22-34(54)52-18-10-13-32(52)43(63)64/h7-9,11-12,23-25,27-32,36H,10,13-22,44H2,1-6H3,(H2,45,53)(H,46,58)(H,47,57)(H,48,61)(H,49,60)(H,50,62)(H,51,59)(H,55,56)(H,63,64). The monoisotopic (exact) mass is 901 g/mol. The molecule has 0 aromatic heterocycles. The summed E-state index contributed by atoms with van der Waals surface area (Å²) in [5, 5.41) is 34.2. The SMILES string of the molecule is CC(C)CC(N)C(=O)NC(CCC(=O)O)C(=O)NC(C(=O)NC(CC(C)C)C(=O)NC(Cc1ccccc1)C(=O)NC(CCC(N)=O)C(=O)NCC(=O)N1CCCC1C(=O)O)C(C)C. The first-order chi connectivity index (χ1) is 30.0. The lowest BCUT2D eigenvalue weighted by molar-refractivity contribution is -0.148. The Morgan fingerprint density at radius 2 is 1.20 bits per heavy atom. The van der Waals surface area contributed by atoms with Crippen molar-refractivity contribution >= 4 is 59.2 Å². The Balaban J connectivity index is 2.35. The van der Waals surface area contributed by atoms with E-state index in [1.54, 1.807) is 58.0 Å². The second-order valence-electron chi connectivity index (χ2n) is 17.3. The van der Waals surface area contributed by atoms with Gasteiger partial charge < -0.3 is 58.5 Å². The molecule has 1 aromatic carbocycles. The molecule has 0 spiro atoms. The Morgan fingerprint density at radius 1 is 0.672 bits per heavy atom. The summed E-state index contributed by atoms with van der Waals surface area (Å²) in [6.07, 6.45) is -0.413. The highest BCUT2D eigenvalue weighted by atomic mass is 16.4. The number of nitrogens with one attached hydrogen (secondary N) is 6. The van der Waals surface area contributed by atoms with Gasteiger partial charge in [-0.3, -0.25) is 43.2 Å². The number of carbonyl (C=O) groups is 10. The number of benzene rings is 1. The molecule has 1 saturated heterocycles. The molecular formula is C43H67N9O12. The smallest absolute Gasteiger partial charge is 0.326 e. The number of rotatable bonds is 27. The van der Waals surface area contributed by atoms with Gasteiger partial charge in [-0.15, -0.1) is 0 Å². The summed E-state index contributed by atoms with van der Waals surface area (Å²) < 4.78 is 0. The maximum atomic E-state index is 14.1. The van der Waals surface area contributed by atoms with Gasteiger partial charge in [0.1, 0.15) is 36.3 Å². The number of likely N-dealkylation sites (tertiary alicyclic amines) is 1. The fourth-order valence-corrected chi connectivity index (χ4v) is 7.05. The van der Waals surface area contributed by atoms with Gasteiger partial charge >= 0.3 is 11.9 Å². The van der Waals surface area contributed by atoms with Crippen molar-refractivity contribution in [3.05, 3.63) is 35.9 Å². The molecule has 1 heterocycles. The quantitative estimate of drug-likeness (QED) is 0.0510. The molecule has 1 aliphatic rings. The minimum Gasteiger partial charge on any atom is -0.481 e. The van der Waals surface area contributed by atoms with Crippen LogP contribution in [-0.4, -0.2) is 130 Å². The zero-order valence-corrected chi connectivity index (χ0v) is 37.5. The molecule has 12 N–H and O–H groups in total. The van der Waals surface area contributed by atoms with Crippen molar-refractivity contribution in [2.75, 3.05) is 13.1 Å². The lowest BCUT2D eigenvalue weighted by Crippen LogP contribution is -2.61. The van der Waals surface area contributed by atoms with E-state index in [0.29, 0.717) is 18.4 Å². The van der Waals surface area contributed by atoms with Crippen LogP contribution in [0.4, 0.5) is 0 Å². The van der Waals surface area contributed by atoms with Gasteiger partial charge in [0, 0.05) is 25.8 Å². The number of nitrogens with two attached hydrogens (primary N) is 2. The highest BCUT2D eigenvalue weighted by Crippen LogP contribution is 2.17. The highest BCUT2D eigenvalue weighted by molar-refractivity contribution is 5.97. The number of hydrogen-bond acceptors (Lipinski definition) is 11. The molecule has 64 heavy (non-hydrogen) atoms. The topological polar surface area (TPSA) is 339 Å². The lowest BCUT2D eigenvalue weighted by atomic mass is 9.98. The third-order valence-electron chi connectivity index (χ3n) is 10.4. The highest BCUT2D eigenvalue weighted by Gasteiger charge is 2.36. The van der Waals surface area contributed by atoms with Crippen molar-refractivity contribution in [3.8, 4) is 0 Å². The number of primary amides is 1. The fraction of sp³-hybridized carbons (Fsp3) is 0.628. The Labute approximate surface area is 373 Å². The lowest BCUT2D eigenvalue weighted by Gasteiger charge is -2.29. The minimum absolute atomic E-state index is 0.0531. The Kier molecular flexibility index (Phi) is 22.4. The van der Waals surface area contributed by atoms with E-state index in [9.17, 15) is 58.2 Å². The van der Waals surface area contributed by atoms with Crippen molar-refractivity contribution in [1.29, 1.82) is 0 Å². The van der Waals surface area contributed by atoms with E-state index in [1.165, 1.54) is 0 Å². The second kappa shape index (κ2) is 26.5. The van der Waals surface area contributed by atoms with E-state index < -0.39 is 120 Å². The molecule has 0 bridgehead atoms. The zero-order chi connectivity index (χ0) is 48.3. The molecule has 1 aliphatic heterocycles. The van der Waals surface area contributed by atoms with Crippen LogP contribution in [0.5, 0.6) is 0 Å². The number of hydrogen-bond donors (Lipinski definition) is 10. The number of carboxylic acids is 2. The van der Waals surface area contributed by atoms with Crippen LogP contribution in [0.3, 0.4) is 0 Å². The van der Waals surface area contributed by atoms with E-state index in [-0.39, 0.29) is 56.9 Å². The van der Waals surface area contributed by atoms with Gasteiger partial charge in [-0.2, -0.15) is 0 Å². The maximum absolute atomic E-state index is 14.1. The number of carboxylic acid groups (broad SMARTS) is 2. The third-order valence-corrected chi connectivity index (χ3v) is 10.4. The predicted octanol–water partition coefficient (Wildman–Crippen LogP) is -0.949. The van der Waals surface area contributed by atoms with Gasteiger partial charge in [0.15, 0.2) is 0 Å². The summed E-state index contributed by atoms with van der Waals surface area (Å²) >= 11 is 0. The van der Waals surface area contributed by atoms with E-state index in [2.05, 4.69) is 31.9 Å². The van der Waals surface area contributed by atoms with Gasteiger partial charge in [0.25, 0.3) is 0 Å². The predicted molar refractivity (Wildman–Crippen MR) is 232 cm³/mol. The fourth-order valence-electron chi connectivity index (χ4n) is 7.05. The van der Waals surface area contributed by atoms with Gasteiger partial charge in [-0.1, -0.05) is 71.9 Å². The van der Waals surface area contributed by atoms with Crippen molar-refractivity contribution in [3.63, 3.8) is 0 Å². The molecule has 1 fully saturated rings. The molecular weight excluding hydrogens is 835 g/mol. The Morgan fingerprint density at radius 3 is 1.77 bits per heavy atom. The zero-order valence-electron chi connectivity index (χ0n) is 37.5. The number of aliphatic carboxylic acids is 2. The number of carbonyl (C=O) groups excluding carboxylic acids is 8. The molecule has 2 rings (SSSR count). The Bertz CT molecular complexity index is 1810. The molecule has 8 amide bonds. The molecule has 356 valence electrons. The van der Waals surface area contributed by atoms with Crippen molar-refractivity contribution in [2.45, 2.75) is 142 Å².